The summed E-state index contributed by atoms with van der Waals surface area (Å²) in [4.78, 5) is 38.0. The van der Waals surface area contributed by atoms with E-state index in [-0.39, 0.29) is 17.7 Å². The topological polar surface area (TPSA) is 77.9 Å². The van der Waals surface area contributed by atoms with Crippen molar-refractivity contribution in [1.82, 2.24) is 9.80 Å². The van der Waals surface area contributed by atoms with E-state index in [9.17, 15) is 19.5 Å². The molecule has 2 aliphatic rings. The Balaban J connectivity index is 2.07. The number of nitrogens with zero attached hydrogens (tertiary/aromatic N) is 2. The van der Waals surface area contributed by atoms with Crippen LogP contribution in [0.15, 0.2) is 12.7 Å². The molecule has 0 aliphatic carbocycles. The normalized spacial score (nSPS) is 27.8. The fraction of sp³-hybridized carbons (Fsp3) is 0.643. The van der Waals surface area contributed by atoms with Crippen molar-refractivity contribution in [3.63, 3.8) is 0 Å². The van der Waals surface area contributed by atoms with Crippen molar-refractivity contribution in [3.8, 4) is 0 Å². The number of amides is 2. The van der Waals surface area contributed by atoms with Gasteiger partial charge in [-0.3, -0.25) is 24.2 Å². The van der Waals surface area contributed by atoms with Crippen LogP contribution < -0.4 is 0 Å². The number of carboxylic acids is 1. The Hall–Kier alpha value is -1.69. The molecule has 0 saturated carbocycles. The number of rotatable bonds is 4. The highest BCUT2D eigenvalue weighted by atomic mass is 16.4. The predicted molar refractivity (Wildman–Crippen MR) is 71.8 cm³/mol. The van der Waals surface area contributed by atoms with E-state index in [4.69, 9.17) is 0 Å². The summed E-state index contributed by atoms with van der Waals surface area (Å²) in [6.45, 7) is 8.46. The summed E-state index contributed by atoms with van der Waals surface area (Å²) in [5, 5.41) is 9.30. The standard InChI is InChI=1S/C14H20N2O4/c1-4-10(17)16-8-14(13(16)20)5-6-15(7-14)11(9(2)3)12(18)19/h4,9,11H,1,5-8H2,2-3H3,(H,18,19)/t11-,14?/m0/s1. The first-order valence-electron chi connectivity index (χ1n) is 6.77. The highest BCUT2D eigenvalue weighted by Gasteiger charge is 2.58. The molecular weight excluding hydrogens is 260 g/mol. The summed E-state index contributed by atoms with van der Waals surface area (Å²) in [7, 11) is 0. The smallest absolute Gasteiger partial charge is 0.321 e. The minimum atomic E-state index is -0.858. The zero-order valence-electron chi connectivity index (χ0n) is 11.8. The summed E-state index contributed by atoms with van der Waals surface area (Å²) >= 11 is 0. The Morgan fingerprint density at radius 1 is 1.40 bits per heavy atom. The van der Waals surface area contributed by atoms with Crippen LogP contribution >= 0.6 is 0 Å². The van der Waals surface area contributed by atoms with Crippen molar-refractivity contribution in [3.05, 3.63) is 12.7 Å². The maximum atomic E-state index is 12.2. The summed E-state index contributed by atoms with van der Waals surface area (Å²) in [5.74, 6) is -1.46. The van der Waals surface area contributed by atoms with Gasteiger partial charge in [0.1, 0.15) is 6.04 Å². The fourth-order valence-corrected chi connectivity index (χ4v) is 3.23. The number of β-lactam (4-membered cyclic amide) rings is 1. The molecule has 2 saturated heterocycles. The number of carbonyl (C=O) groups excluding carboxylic acids is 2. The first kappa shape index (κ1) is 14.7. The largest absolute Gasteiger partial charge is 0.480 e. The lowest BCUT2D eigenvalue weighted by Gasteiger charge is -2.45. The molecule has 1 spiro atoms. The van der Waals surface area contributed by atoms with Gasteiger partial charge in [-0.25, -0.2) is 0 Å². The molecule has 0 aromatic carbocycles. The maximum absolute atomic E-state index is 12.2. The molecule has 0 aromatic rings. The molecule has 2 rings (SSSR count). The molecule has 2 heterocycles. The van der Waals surface area contributed by atoms with Gasteiger partial charge in [-0.2, -0.15) is 0 Å². The van der Waals surface area contributed by atoms with Crippen LogP contribution in [0.2, 0.25) is 0 Å². The SMILES string of the molecule is C=CC(=O)N1CC2(CCN([C@H](C(=O)O)C(C)C)C2)C1=O. The van der Waals surface area contributed by atoms with Crippen molar-refractivity contribution in [1.29, 1.82) is 0 Å². The van der Waals surface area contributed by atoms with E-state index < -0.39 is 17.4 Å². The molecule has 2 fully saturated rings. The van der Waals surface area contributed by atoms with E-state index in [2.05, 4.69) is 6.58 Å². The van der Waals surface area contributed by atoms with Crippen molar-refractivity contribution >= 4 is 17.8 Å². The molecule has 1 N–H and O–H groups in total. The van der Waals surface area contributed by atoms with Gasteiger partial charge in [-0.1, -0.05) is 20.4 Å². The van der Waals surface area contributed by atoms with Crippen molar-refractivity contribution < 1.29 is 19.5 Å². The first-order chi connectivity index (χ1) is 9.32. The van der Waals surface area contributed by atoms with Crippen LogP contribution in [0.5, 0.6) is 0 Å². The molecular formula is C14H20N2O4. The second-order valence-electron chi connectivity index (χ2n) is 5.96. The van der Waals surface area contributed by atoms with Gasteiger partial charge in [0.25, 0.3) is 5.91 Å². The summed E-state index contributed by atoms with van der Waals surface area (Å²) in [5.41, 5.74) is -0.568. The van der Waals surface area contributed by atoms with Gasteiger partial charge >= 0.3 is 5.97 Å². The van der Waals surface area contributed by atoms with E-state index in [1.54, 1.807) is 0 Å². The van der Waals surface area contributed by atoms with Crippen molar-refractivity contribution in [2.75, 3.05) is 19.6 Å². The molecule has 20 heavy (non-hydrogen) atoms. The minimum absolute atomic E-state index is 0.0243. The molecule has 2 aliphatic heterocycles. The molecule has 6 nitrogen and oxygen atoms in total. The van der Waals surface area contributed by atoms with E-state index in [0.717, 1.165) is 6.08 Å². The van der Waals surface area contributed by atoms with Crippen LogP contribution in [0.1, 0.15) is 20.3 Å². The summed E-state index contributed by atoms with van der Waals surface area (Å²) in [6, 6.07) is -0.577. The van der Waals surface area contributed by atoms with Gasteiger partial charge < -0.3 is 5.11 Å². The number of likely N-dealkylation sites (tertiary alicyclic amines) is 2. The van der Waals surface area contributed by atoms with Gasteiger partial charge in [0, 0.05) is 19.6 Å². The molecule has 2 atom stereocenters. The number of carboxylic acid groups (broad SMARTS) is 1. The monoisotopic (exact) mass is 280 g/mol. The van der Waals surface area contributed by atoms with Crippen LogP contribution in [-0.2, 0) is 14.4 Å². The lowest BCUT2D eigenvalue weighted by Crippen LogP contribution is -2.64. The number of hydrogen-bond acceptors (Lipinski definition) is 4. The van der Waals surface area contributed by atoms with Crippen LogP contribution in [0.4, 0.5) is 0 Å². The lowest BCUT2D eigenvalue weighted by molar-refractivity contribution is -0.166. The van der Waals surface area contributed by atoms with Gasteiger partial charge in [0.05, 0.1) is 5.41 Å². The molecule has 2 amide bonds. The van der Waals surface area contributed by atoms with Crippen LogP contribution in [0.25, 0.3) is 0 Å². The molecule has 0 radical (unpaired) electrons. The second-order valence-corrected chi connectivity index (χ2v) is 5.96. The van der Waals surface area contributed by atoms with Gasteiger partial charge in [0.15, 0.2) is 0 Å². The highest BCUT2D eigenvalue weighted by Crippen LogP contribution is 2.42. The maximum Gasteiger partial charge on any atom is 0.321 e. The second kappa shape index (κ2) is 5.01. The zero-order valence-corrected chi connectivity index (χ0v) is 11.8. The van der Waals surface area contributed by atoms with E-state index in [1.165, 1.54) is 4.90 Å². The molecule has 0 aromatic heterocycles. The molecule has 1 unspecified atom stereocenters. The van der Waals surface area contributed by atoms with E-state index >= 15 is 0 Å². The third-order valence-corrected chi connectivity index (χ3v) is 4.26. The average molecular weight is 280 g/mol. The van der Waals surface area contributed by atoms with Crippen LogP contribution in [0, 0.1) is 11.3 Å². The summed E-state index contributed by atoms with van der Waals surface area (Å²) < 4.78 is 0. The Morgan fingerprint density at radius 2 is 2.05 bits per heavy atom. The van der Waals surface area contributed by atoms with Crippen LogP contribution in [-0.4, -0.2) is 58.4 Å². The molecule has 110 valence electrons. The Morgan fingerprint density at radius 3 is 2.50 bits per heavy atom. The number of aliphatic carboxylic acids is 1. The average Bonchev–Trinajstić information content (AvgIpc) is 2.81. The summed E-state index contributed by atoms with van der Waals surface area (Å²) in [6.07, 6.45) is 1.74. The molecule has 6 heteroatoms. The Labute approximate surface area is 118 Å². The van der Waals surface area contributed by atoms with E-state index in [1.807, 2.05) is 18.7 Å². The van der Waals surface area contributed by atoms with Gasteiger partial charge in [0.2, 0.25) is 5.91 Å². The van der Waals surface area contributed by atoms with Gasteiger partial charge in [-0.15, -0.1) is 0 Å². The predicted octanol–water partition coefficient (Wildman–Crippen LogP) is 0.343. The third-order valence-electron chi connectivity index (χ3n) is 4.26. The number of carbonyl (C=O) groups is 3. The fourth-order valence-electron chi connectivity index (χ4n) is 3.23. The lowest BCUT2D eigenvalue weighted by atomic mass is 9.77. The molecule has 0 bridgehead atoms. The minimum Gasteiger partial charge on any atom is -0.480 e. The van der Waals surface area contributed by atoms with Crippen molar-refractivity contribution in [2.45, 2.75) is 26.3 Å². The quantitative estimate of drug-likeness (QED) is 0.593. The van der Waals surface area contributed by atoms with Crippen molar-refractivity contribution in [2.24, 2.45) is 11.3 Å². The number of imide groups is 1. The Bertz CT molecular complexity index is 474. The third kappa shape index (κ3) is 2.14. The zero-order chi connectivity index (χ0) is 15.1. The number of hydrogen-bond donors (Lipinski definition) is 1. The van der Waals surface area contributed by atoms with E-state index in [0.29, 0.717) is 26.1 Å². The highest BCUT2D eigenvalue weighted by molar-refractivity contribution is 6.07. The first-order valence-corrected chi connectivity index (χ1v) is 6.77. The Kier molecular flexibility index (Phi) is 3.69. The van der Waals surface area contributed by atoms with Crippen LogP contribution in [0.3, 0.4) is 0 Å². The van der Waals surface area contributed by atoms with Gasteiger partial charge in [-0.05, 0) is 18.4 Å².